The second kappa shape index (κ2) is 9.26. The van der Waals surface area contributed by atoms with Crippen LogP contribution in [-0.4, -0.2) is 25.5 Å². The summed E-state index contributed by atoms with van der Waals surface area (Å²) in [6, 6.07) is 11.9. The maximum Gasteiger partial charge on any atom is 0.273 e. The monoisotopic (exact) mass is 454 g/mol. The Balaban J connectivity index is 2.02. The number of amides is 2. The summed E-state index contributed by atoms with van der Waals surface area (Å²) in [7, 11) is 1.57. The van der Waals surface area contributed by atoms with E-state index in [4.69, 9.17) is 9.47 Å². The molecule has 0 aromatic heterocycles. The number of hydrazine groups is 1. The number of rotatable bonds is 6. The quantitative estimate of drug-likeness (QED) is 0.520. The summed E-state index contributed by atoms with van der Waals surface area (Å²) in [5, 5.41) is 0. The fourth-order valence-corrected chi connectivity index (χ4v) is 2.79. The van der Waals surface area contributed by atoms with Gasteiger partial charge in [-0.2, -0.15) is 0 Å². The van der Waals surface area contributed by atoms with E-state index in [0.29, 0.717) is 29.2 Å². The van der Waals surface area contributed by atoms with Crippen molar-refractivity contribution in [3.63, 3.8) is 0 Å². The molecule has 0 saturated carbocycles. The molecule has 0 heterocycles. The van der Waals surface area contributed by atoms with Crippen molar-refractivity contribution in [2.24, 2.45) is 0 Å². The first-order valence-electron chi connectivity index (χ1n) is 7.72. The second-order valence-electron chi connectivity index (χ2n) is 5.10. The van der Waals surface area contributed by atoms with E-state index in [2.05, 4.69) is 33.4 Å². The van der Waals surface area contributed by atoms with Crippen LogP contribution in [0.1, 0.15) is 34.1 Å². The van der Waals surface area contributed by atoms with Crippen LogP contribution in [0.5, 0.6) is 11.5 Å². The average Bonchev–Trinajstić information content (AvgIpc) is 2.64. The van der Waals surface area contributed by atoms with Crippen molar-refractivity contribution in [1.29, 1.82) is 0 Å². The van der Waals surface area contributed by atoms with Crippen LogP contribution in [-0.2, 0) is 0 Å². The first kappa shape index (κ1) is 19.0. The largest absolute Gasteiger partial charge is 0.496 e. The van der Waals surface area contributed by atoms with Gasteiger partial charge in [-0.25, -0.2) is 0 Å². The molecule has 7 heteroatoms. The molecule has 0 fully saturated rings. The van der Waals surface area contributed by atoms with Crippen LogP contribution in [0.4, 0.5) is 0 Å². The van der Waals surface area contributed by atoms with E-state index in [9.17, 15) is 9.59 Å². The highest BCUT2D eigenvalue weighted by Crippen LogP contribution is 2.21. The fourth-order valence-electron chi connectivity index (χ4n) is 2.05. The van der Waals surface area contributed by atoms with Crippen LogP contribution in [0.3, 0.4) is 0 Å². The van der Waals surface area contributed by atoms with Gasteiger partial charge in [0.05, 0.1) is 22.9 Å². The molecule has 0 unspecified atom stereocenters. The van der Waals surface area contributed by atoms with Gasteiger partial charge in [-0.1, -0.05) is 19.1 Å². The van der Waals surface area contributed by atoms with Gasteiger partial charge >= 0.3 is 0 Å². The zero-order valence-corrected chi connectivity index (χ0v) is 16.1. The van der Waals surface area contributed by atoms with Gasteiger partial charge in [0.15, 0.2) is 0 Å². The van der Waals surface area contributed by atoms with Crippen molar-refractivity contribution in [2.45, 2.75) is 13.3 Å². The minimum atomic E-state index is -0.441. The van der Waals surface area contributed by atoms with Crippen molar-refractivity contribution in [2.75, 3.05) is 13.7 Å². The first-order chi connectivity index (χ1) is 12.1. The van der Waals surface area contributed by atoms with Crippen molar-refractivity contribution < 1.29 is 19.1 Å². The molecule has 2 rings (SSSR count). The number of hydrogen-bond donors (Lipinski definition) is 2. The summed E-state index contributed by atoms with van der Waals surface area (Å²) in [6.45, 7) is 2.50. The molecule has 0 spiro atoms. The normalized spacial score (nSPS) is 10.0. The molecule has 2 N–H and O–H groups in total. The molecule has 0 aliphatic rings. The van der Waals surface area contributed by atoms with Crippen LogP contribution < -0.4 is 20.3 Å². The fraction of sp³-hybridized carbons (Fsp3) is 0.222. The highest BCUT2D eigenvalue weighted by atomic mass is 127. The van der Waals surface area contributed by atoms with Crippen LogP contribution in [0.2, 0.25) is 0 Å². The predicted octanol–water partition coefficient (Wildman–Crippen LogP) is 3.16. The topological polar surface area (TPSA) is 76.7 Å². The van der Waals surface area contributed by atoms with E-state index in [1.807, 2.05) is 6.92 Å². The first-order valence-corrected chi connectivity index (χ1v) is 8.80. The van der Waals surface area contributed by atoms with E-state index in [1.165, 1.54) is 0 Å². The van der Waals surface area contributed by atoms with Crippen molar-refractivity contribution in [3.05, 3.63) is 57.2 Å². The summed E-state index contributed by atoms with van der Waals surface area (Å²) < 4.78 is 11.5. The molecule has 2 aromatic carbocycles. The van der Waals surface area contributed by atoms with Crippen molar-refractivity contribution in [3.8, 4) is 11.5 Å². The molecular formula is C18H19IN2O4. The van der Waals surface area contributed by atoms with Gasteiger partial charge in [0.25, 0.3) is 11.8 Å². The Labute approximate surface area is 160 Å². The minimum absolute atomic E-state index is 0.362. The molecule has 0 atom stereocenters. The molecular weight excluding hydrogens is 435 g/mol. The third-order valence-electron chi connectivity index (χ3n) is 3.30. The Morgan fingerprint density at radius 2 is 1.76 bits per heavy atom. The molecule has 0 aliphatic heterocycles. The molecule has 0 bridgehead atoms. The third-order valence-corrected chi connectivity index (χ3v) is 4.14. The van der Waals surface area contributed by atoms with Crippen LogP contribution in [0.25, 0.3) is 0 Å². The molecule has 0 aliphatic carbocycles. The predicted molar refractivity (Wildman–Crippen MR) is 103 cm³/mol. The Morgan fingerprint density at radius 1 is 1.04 bits per heavy atom. The molecule has 0 radical (unpaired) electrons. The lowest BCUT2D eigenvalue weighted by Gasteiger charge is -2.12. The Bertz CT molecular complexity index is 764. The van der Waals surface area contributed by atoms with E-state index < -0.39 is 11.8 Å². The standard InChI is InChI=1S/C18H19IN2O4/c1-3-10-25-15-7-5-4-6-13(15)18(23)21-20-17(22)12-8-9-16(24-2)14(19)11-12/h4-9,11H,3,10H2,1-2H3,(H,20,22)(H,21,23). The molecule has 0 saturated heterocycles. The van der Waals surface area contributed by atoms with Gasteiger partial charge in [0, 0.05) is 5.56 Å². The van der Waals surface area contributed by atoms with Crippen LogP contribution >= 0.6 is 22.6 Å². The number of carbonyl (C=O) groups excluding carboxylic acids is 2. The smallest absolute Gasteiger partial charge is 0.273 e. The van der Waals surface area contributed by atoms with Gasteiger partial charge in [-0.15, -0.1) is 0 Å². The zero-order chi connectivity index (χ0) is 18.2. The number of halogens is 1. The summed E-state index contributed by atoms with van der Waals surface area (Å²) >= 11 is 2.08. The highest BCUT2D eigenvalue weighted by molar-refractivity contribution is 14.1. The lowest BCUT2D eigenvalue weighted by atomic mass is 10.2. The summed E-state index contributed by atoms with van der Waals surface area (Å²) in [5.74, 6) is 0.308. The van der Waals surface area contributed by atoms with Crippen molar-refractivity contribution in [1.82, 2.24) is 10.9 Å². The number of benzene rings is 2. The molecule has 2 aromatic rings. The van der Waals surface area contributed by atoms with Gasteiger partial charge in [-0.05, 0) is 59.3 Å². The number of methoxy groups -OCH3 is 1. The van der Waals surface area contributed by atoms with E-state index in [1.54, 1.807) is 49.6 Å². The summed E-state index contributed by atoms with van der Waals surface area (Å²) in [4.78, 5) is 24.5. The van der Waals surface area contributed by atoms with Crippen LogP contribution in [0.15, 0.2) is 42.5 Å². The molecule has 6 nitrogen and oxygen atoms in total. The lowest BCUT2D eigenvalue weighted by Crippen LogP contribution is -2.41. The van der Waals surface area contributed by atoms with Crippen LogP contribution in [0, 0.1) is 3.57 Å². The number of para-hydroxylation sites is 1. The minimum Gasteiger partial charge on any atom is -0.496 e. The molecule has 132 valence electrons. The highest BCUT2D eigenvalue weighted by Gasteiger charge is 2.14. The van der Waals surface area contributed by atoms with Crippen molar-refractivity contribution >= 4 is 34.4 Å². The van der Waals surface area contributed by atoms with Gasteiger partial charge in [0.2, 0.25) is 0 Å². The van der Waals surface area contributed by atoms with E-state index in [0.717, 1.165) is 9.99 Å². The average molecular weight is 454 g/mol. The SMILES string of the molecule is CCCOc1ccccc1C(=O)NNC(=O)c1ccc(OC)c(I)c1. The molecule has 25 heavy (non-hydrogen) atoms. The number of ether oxygens (including phenoxy) is 2. The maximum atomic E-state index is 12.3. The lowest BCUT2D eigenvalue weighted by molar-refractivity contribution is 0.0844. The third kappa shape index (κ3) is 5.09. The number of hydrogen-bond acceptors (Lipinski definition) is 4. The summed E-state index contributed by atoms with van der Waals surface area (Å²) in [6.07, 6.45) is 0.836. The van der Waals surface area contributed by atoms with E-state index >= 15 is 0 Å². The Morgan fingerprint density at radius 3 is 2.44 bits per heavy atom. The number of nitrogens with one attached hydrogen (secondary N) is 2. The zero-order valence-electron chi connectivity index (χ0n) is 14.0. The second-order valence-corrected chi connectivity index (χ2v) is 6.26. The van der Waals surface area contributed by atoms with Gasteiger partial charge in [-0.3, -0.25) is 20.4 Å². The molecule has 2 amide bonds. The van der Waals surface area contributed by atoms with Gasteiger partial charge in [0.1, 0.15) is 11.5 Å². The van der Waals surface area contributed by atoms with Gasteiger partial charge < -0.3 is 9.47 Å². The Hall–Kier alpha value is -2.29. The number of carbonyl (C=O) groups is 2. The Kier molecular flexibility index (Phi) is 7.05. The van der Waals surface area contributed by atoms with E-state index in [-0.39, 0.29) is 0 Å². The summed E-state index contributed by atoms with van der Waals surface area (Å²) in [5.41, 5.74) is 5.60. The maximum absolute atomic E-state index is 12.3.